The van der Waals surface area contributed by atoms with Gasteiger partial charge in [-0.1, -0.05) is 11.6 Å². The van der Waals surface area contributed by atoms with Crippen LogP contribution in [0.3, 0.4) is 0 Å². The molecule has 2 aromatic rings. The molecule has 1 aromatic heterocycles. The molecule has 0 aliphatic carbocycles. The van der Waals surface area contributed by atoms with Crippen LogP contribution in [0.15, 0.2) is 18.2 Å². The molecule has 3 rings (SSSR count). The number of aromatic nitrogens is 2. The van der Waals surface area contributed by atoms with Crippen molar-refractivity contribution in [2.75, 3.05) is 42.3 Å². The number of benzene rings is 1. The largest absolute Gasteiger partial charge is 0.383 e. The summed E-state index contributed by atoms with van der Waals surface area (Å²) in [5, 5.41) is 3.40. The fourth-order valence-corrected chi connectivity index (χ4v) is 3.45. The first-order valence-electron chi connectivity index (χ1n) is 8.68. The van der Waals surface area contributed by atoms with Crippen LogP contribution < -0.4 is 16.0 Å². The molecule has 2 heterocycles. The lowest BCUT2D eigenvalue weighted by atomic mass is 10.0. The highest BCUT2D eigenvalue weighted by Gasteiger charge is 2.28. The van der Waals surface area contributed by atoms with E-state index in [1.54, 1.807) is 6.07 Å². The molecule has 6 nitrogen and oxygen atoms in total. The minimum Gasteiger partial charge on any atom is -0.383 e. The Hall–Kier alpha value is -2.12. The average Bonchev–Trinajstić information content (AvgIpc) is 2.82. The summed E-state index contributed by atoms with van der Waals surface area (Å²) in [5.74, 6) is 0.571. The van der Waals surface area contributed by atoms with Gasteiger partial charge in [0.2, 0.25) is 5.95 Å². The average molecular weight is 380 g/mol. The zero-order chi connectivity index (χ0) is 18.7. The van der Waals surface area contributed by atoms with E-state index < -0.39 is 0 Å². The molecule has 1 aliphatic heterocycles. The first-order valence-corrected chi connectivity index (χ1v) is 9.05. The summed E-state index contributed by atoms with van der Waals surface area (Å²) in [6.07, 6.45) is 0.846. The van der Waals surface area contributed by atoms with Crippen LogP contribution in [-0.4, -0.2) is 36.3 Å². The van der Waals surface area contributed by atoms with E-state index in [2.05, 4.69) is 20.2 Å². The molecule has 0 saturated carbocycles. The van der Waals surface area contributed by atoms with E-state index in [9.17, 15) is 4.39 Å². The van der Waals surface area contributed by atoms with Gasteiger partial charge >= 0.3 is 0 Å². The molecule has 26 heavy (non-hydrogen) atoms. The summed E-state index contributed by atoms with van der Waals surface area (Å²) in [5.41, 5.74) is 7.84. The summed E-state index contributed by atoms with van der Waals surface area (Å²) in [6.45, 7) is 6.21. The maximum absolute atomic E-state index is 14.2. The van der Waals surface area contributed by atoms with Gasteiger partial charge in [0.15, 0.2) is 0 Å². The highest BCUT2D eigenvalue weighted by molar-refractivity contribution is 6.31. The summed E-state index contributed by atoms with van der Waals surface area (Å²) in [7, 11) is 0. The monoisotopic (exact) mass is 379 g/mol. The molecule has 0 radical (unpaired) electrons. The van der Waals surface area contributed by atoms with Crippen molar-refractivity contribution >= 4 is 29.1 Å². The Labute approximate surface area is 157 Å². The third kappa shape index (κ3) is 3.99. The van der Waals surface area contributed by atoms with Crippen molar-refractivity contribution in [2.24, 2.45) is 0 Å². The fourth-order valence-electron chi connectivity index (χ4n) is 3.18. The van der Waals surface area contributed by atoms with Gasteiger partial charge in [0.1, 0.15) is 11.6 Å². The van der Waals surface area contributed by atoms with Crippen LogP contribution in [0.5, 0.6) is 0 Å². The Bertz CT molecular complexity index is 768. The number of hydrogen-bond acceptors (Lipinski definition) is 6. The first kappa shape index (κ1) is 18.7. The van der Waals surface area contributed by atoms with Gasteiger partial charge in [-0.15, -0.1) is 0 Å². The zero-order valence-electron chi connectivity index (χ0n) is 14.9. The van der Waals surface area contributed by atoms with Crippen LogP contribution in [0.1, 0.15) is 30.6 Å². The molecule has 1 aliphatic rings. The van der Waals surface area contributed by atoms with Gasteiger partial charge in [-0.05, 0) is 38.0 Å². The molecule has 3 N–H and O–H groups in total. The first-order chi connectivity index (χ1) is 12.5. The Morgan fingerprint density at radius 2 is 2.19 bits per heavy atom. The highest BCUT2D eigenvalue weighted by atomic mass is 35.5. The number of nitrogen functional groups attached to an aromatic ring is 1. The number of nitrogens with two attached hydrogens (primary N) is 1. The Kier molecular flexibility index (Phi) is 5.78. The molecule has 0 bridgehead atoms. The van der Waals surface area contributed by atoms with Gasteiger partial charge in [-0.2, -0.15) is 4.98 Å². The van der Waals surface area contributed by atoms with E-state index in [-0.39, 0.29) is 17.8 Å². The minimum atomic E-state index is -0.371. The maximum atomic E-state index is 14.2. The third-order valence-electron chi connectivity index (χ3n) is 4.30. The number of halogens is 2. The number of anilines is 3. The minimum absolute atomic E-state index is 0.197. The lowest BCUT2D eigenvalue weighted by molar-refractivity contribution is 0.134. The molecule has 1 atom stereocenters. The van der Waals surface area contributed by atoms with Gasteiger partial charge in [0.05, 0.1) is 18.3 Å². The topological polar surface area (TPSA) is 76.3 Å². The number of rotatable bonds is 4. The smallest absolute Gasteiger partial charge is 0.222 e. The van der Waals surface area contributed by atoms with Gasteiger partial charge in [0.25, 0.3) is 0 Å². The number of hydrogen-bond donors (Lipinski definition) is 2. The SMILES string of the molecule is CCNc1cc([C@@H]2COCCCN2c2cc(C)nc(N)n2)c(Cl)cc1F. The Morgan fingerprint density at radius 3 is 2.92 bits per heavy atom. The van der Waals surface area contributed by atoms with Crippen molar-refractivity contribution in [3.8, 4) is 0 Å². The number of nitrogens with zero attached hydrogens (tertiary/aromatic N) is 3. The molecule has 8 heteroatoms. The Morgan fingerprint density at radius 1 is 1.38 bits per heavy atom. The van der Waals surface area contributed by atoms with Crippen LogP contribution >= 0.6 is 11.6 Å². The summed E-state index contributed by atoms with van der Waals surface area (Å²) in [4.78, 5) is 10.6. The van der Waals surface area contributed by atoms with E-state index in [0.717, 1.165) is 30.0 Å². The highest BCUT2D eigenvalue weighted by Crippen LogP contribution is 2.35. The van der Waals surface area contributed by atoms with Gasteiger partial charge in [0, 0.05) is 36.5 Å². The number of aryl methyl sites for hydroxylation is 1. The van der Waals surface area contributed by atoms with E-state index in [1.165, 1.54) is 6.07 Å². The molecule has 140 valence electrons. The summed E-state index contributed by atoms with van der Waals surface area (Å²) < 4.78 is 19.9. The van der Waals surface area contributed by atoms with Crippen LogP contribution in [0.25, 0.3) is 0 Å². The van der Waals surface area contributed by atoms with E-state index in [4.69, 9.17) is 22.1 Å². The van der Waals surface area contributed by atoms with Crippen molar-refractivity contribution in [1.29, 1.82) is 0 Å². The third-order valence-corrected chi connectivity index (χ3v) is 4.63. The predicted octanol–water partition coefficient (Wildman–Crippen LogP) is 3.56. The lowest BCUT2D eigenvalue weighted by Gasteiger charge is -2.31. The molecular formula is C18H23ClFN5O. The van der Waals surface area contributed by atoms with E-state index in [1.807, 2.05) is 19.9 Å². The Balaban J connectivity index is 2.06. The van der Waals surface area contributed by atoms with Crippen molar-refractivity contribution in [1.82, 2.24) is 9.97 Å². The van der Waals surface area contributed by atoms with Crippen LogP contribution in [0.4, 0.5) is 21.8 Å². The van der Waals surface area contributed by atoms with Crippen LogP contribution in [0, 0.1) is 12.7 Å². The number of nitrogens with one attached hydrogen (secondary N) is 1. The van der Waals surface area contributed by atoms with Gasteiger partial charge in [-0.25, -0.2) is 9.37 Å². The second kappa shape index (κ2) is 8.05. The molecule has 0 amide bonds. The van der Waals surface area contributed by atoms with Crippen molar-refractivity contribution in [3.63, 3.8) is 0 Å². The predicted molar refractivity (Wildman–Crippen MR) is 102 cm³/mol. The van der Waals surface area contributed by atoms with E-state index in [0.29, 0.717) is 30.5 Å². The quantitative estimate of drug-likeness (QED) is 0.845. The zero-order valence-corrected chi connectivity index (χ0v) is 15.7. The summed E-state index contributed by atoms with van der Waals surface area (Å²) >= 11 is 6.40. The normalized spacial score (nSPS) is 17.8. The van der Waals surface area contributed by atoms with Crippen molar-refractivity contribution in [3.05, 3.63) is 40.3 Å². The molecule has 1 aromatic carbocycles. The van der Waals surface area contributed by atoms with Gasteiger partial charge < -0.3 is 20.7 Å². The lowest BCUT2D eigenvalue weighted by Crippen LogP contribution is -2.32. The standard InChI is InChI=1S/C18H23ClFN5O/c1-3-22-15-8-12(13(19)9-14(15)20)16-10-26-6-4-5-25(16)17-7-11(2)23-18(21)24-17/h7-9,16,22H,3-6,10H2,1-2H3,(H2,21,23,24)/t16-/m0/s1. The number of ether oxygens (including phenoxy) is 1. The van der Waals surface area contributed by atoms with E-state index >= 15 is 0 Å². The van der Waals surface area contributed by atoms with Crippen LogP contribution in [-0.2, 0) is 4.74 Å². The van der Waals surface area contributed by atoms with Gasteiger partial charge in [-0.3, -0.25) is 0 Å². The molecular weight excluding hydrogens is 357 g/mol. The second-order valence-electron chi connectivity index (χ2n) is 6.25. The maximum Gasteiger partial charge on any atom is 0.222 e. The molecule has 0 spiro atoms. The van der Waals surface area contributed by atoms with Crippen molar-refractivity contribution in [2.45, 2.75) is 26.3 Å². The molecule has 1 saturated heterocycles. The molecule has 1 fully saturated rings. The molecule has 0 unspecified atom stereocenters. The summed E-state index contributed by atoms with van der Waals surface area (Å²) in [6, 6.07) is 4.79. The van der Waals surface area contributed by atoms with Crippen LogP contribution in [0.2, 0.25) is 5.02 Å². The van der Waals surface area contributed by atoms with Crippen molar-refractivity contribution < 1.29 is 9.13 Å². The fraction of sp³-hybridized carbons (Fsp3) is 0.444. The second-order valence-corrected chi connectivity index (χ2v) is 6.65.